The molecule has 0 saturated heterocycles. The van der Waals surface area contributed by atoms with E-state index in [1.807, 2.05) is 6.07 Å². The fourth-order valence-corrected chi connectivity index (χ4v) is 2.37. The summed E-state index contributed by atoms with van der Waals surface area (Å²) in [7, 11) is 0. The van der Waals surface area contributed by atoms with E-state index < -0.39 is 0 Å². The highest BCUT2D eigenvalue weighted by molar-refractivity contribution is 9.10. The number of carbonyl (C=O) groups excluding carboxylic acids is 3. The van der Waals surface area contributed by atoms with Crippen LogP contribution in [0.15, 0.2) is 53.0 Å². The molecule has 2 rings (SSSR count). The molecule has 0 aliphatic carbocycles. The molecule has 3 amide bonds. The number of hydrogen-bond donors (Lipinski definition) is 3. The van der Waals surface area contributed by atoms with E-state index in [1.54, 1.807) is 42.5 Å². The summed E-state index contributed by atoms with van der Waals surface area (Å²) < 4.78 is 0.786. The second-order valence-corrected chi connectivity index (χ2v) is 5.92. The van der Waals surface area contributed by atoms with Crippen molar-refractivity contribution in [3.05, 3.63) is 58.6 Å². The summed E-state index contributed by atoms with van der Waals surface area (Å²) in [6.45, 7) is 1.25. The summed E-state index contributed by atoms with van der Waals surface area (Å²) in [5, 5.41) is 7.84. The molecular weight excluding hydrogens is 374 g/mol. The van der Waals surface area contributed by atoms with Crippen LogP contribution in [0.2, 0.25) is 0 Å². The highest BCUT2D eigenvalue weighted by Gasteiger charge is 2.09. The molecular formula is C17H16BrN3O3. The maximum atomic E-state index is 12.0. The maximum Gasteiger partial charge on any atom is 0.251 e. The number of amides is 3. The van der Waals surface area contributed by atoms with Gasteiger partial charge in [0.2, 0.25) is 11.8 Å². The Balaban J connectivity index is 1.89. The average Bonchev–Trinajstić information content (AvgIpc) is 2.52. The van der Waals surface area contributed by atoms with Crippen LogP contribution >= 0.6 is 15.9 Å². The van der Waals surface area contributed by atoms with Gasteiger partial charge in [0.25, 0.3) is 5.91 Å². The monoisotopic (exact) mass is 389 g/mol. The van der Waals surface area contributed by atoms with Crippen LogP contribution in [0.1, 0.15) is 17.3 Å². The summed E-state index contributed by atoms with van der Waals surface area (Å²) in [6, 6.07) is 13.6. The van der Waals surface area contributed by atoms with Crippen molar-refractivity contribution < 1.29 is 14.4 Å². The summed E-state index contributed by atoms with van der Waals surface area (Å²) in [4.78, 5) is 34.9. The van der Waals surface area contributed by atoms with Crippen LogP contribution in [0, 0.1) is 0 Å². The quantitative estimate of drug-likeness (QED) is 0.734. The molecule has 0 heterocycles. The summed E-state index contributed by atoms with van der Waals surface area (Å²) in [5.74, 6) is -0.892. The standard InChI is InChI=1S/C17H16BrN3O3/c1-11(22)20-14-6-3-7-15(9-14)21-16(23)10-19-17(24)12-4-2-5-13(18)8-12/h2-9H,10H2,1H3,(H,19,24)(H,20,22)(H,21,23). The molecule has 2 aromatic rings. The molecule has 0 atom stereocenters. The third-order valence-electron chi connectivity index (χ3n) is 2.96. The van der Waals surface area contributed by atoms with Crippen molar-refractivity contribution in [1.29, 1.82) is 0 Å². The van der Waals surface area contributed by atoms with Crippen LogP contribution in [-0.4, -0.2) is 24.3 Å². The first-order valence-electron chi connectivity index (χ1n) is 7.15. The van der Waals surface area contributed by atoms with Gasteiger partial charge in [-0.3, -0.25) is 14.4 Å². The molecule has 6 nitrogen and oxygen atoms in total. The zero-order chi connectivity index (χ0) is 17.5. The van der Waals surface area contributed by atoms with Gasteiger partial charge in [-0.15, -0.1) is 0 Å². The van der Waals surface area contributed by atoms with Crippen molar-refractivity contribution in [2.75, 3.05) is 17.2 Å². The Bertz CT molecular complexity index is 777. The van der Waals surface area contributed by atoms with Gasteiger partial charge in [-0.25, -0.2) is 0 Å². The lowest BCUT2D eigenvalue weighted by Crippen LogP contribution is -2.32. The summed E-state index contributed by atoms with van der Waals surface area (Å²) in [6.07, 6.45) is 0. The third kappa shape index (κ3) is 5.51. The number of benzene rings is 2. The maximum absolute atomic E-state index is 12.0. The molecule has 0 aromatic heterocycles. The Hall–Kier alpha value is -2.67. The number of nitrogens with one attached hydrogen (secondary N) is 3. The SMILES string of the molecule is CC(=O)Nc1cccc(NC(=O)CNC(=O)c2cccc(Br)c2)c1. The lowest BCUT2D eigenvalue weighted by Gasteiger charge is -2.09. The molecule has 7 heteroatoms. The van der Waals surface area contributed by atoms with Crippen molar-refractivity contribution in [2.45, 2.75) is 6.92 Å². The molecule has 0 fully saturated rings. The van der Waals surface area contributed by atoms with Crippen molar-refractivity contribution in [3.8, 4) is 0 Å². The van der Waals surface area contributed by atoms with Crippen molar-refractivity contribution in [2.24, 2.45) is 0 Å². The fraction of sp³-hybridized carbons (Fsp3) is 0.118. The molecule has 124 valence electrons. The smallest absolute Gasteiger partial charge is 0.251 e. The highest BCUT2D eigenvalue weighted by atomic mass is 79.9. The van der Waals surface area contributed by atoms with Gasteiger partial charge in [0.05, 0.1) is 6.54 Å². The Morgan fingerprint density at radius 2 is 1.62 bits per heavy atom. The molecule has 0 aliphatic heterocycles. The van der Waals surface area contributed by atoms with Gasteiger partial charge in [0, 0.05) is 28.3 Å². The molecule has 0 radical (unpaired) electrons. The van der Waals surface area contributed by atoms with Crippen LogP contribution in [0.5, 0.6) is 0 Å². The lowest BCUT2D eigenvalue weighted by molar-refractivity contribution is -0.115. The van der Waals surface area contributed by atoms with Crippen LogP contribution in [-0.2, 0) is 9.59 Å². The average molecular weight is 390 g/mol. The van der Waals surface area contributed by atoms with Crippen LogP contribution < -0.4 is 16.0 Å². The molecule has 0 saturated carbocycles. The largest absolute Gasteiger partial charge is 0.343 e. The van der Waals surface area contributed by atoms with E-state index in [0.717, 1.165) is 4.47 Å². The molecule has 0 unspecified atom stereocenters. The van der Waals surface area contributed by atoms with Gasteiger partial charge < -0.3 is 16.0 Å². The van der Waals surface area contributed by atoms with E-state index in [1.165, 1.54) is 6.92 Å². The van der Waals surface area contributed by atoms with Crippen LogP contribution in [0.3, 0.4) is 0 Å². The van der Waals surface area contributed by atoms with Gasteiger partial charge in [0.15, 0.2) is 0 Å². The van der Waals surface area contributed by atoms with Gasteiger partial charge in [-0.2, -0.15) is 0 Å². The van der Waals surface area contributed by atoms with Crippen LogP contribution in [0.4, 0.5) is 11.4 Å². The Kier molecular flexibility index (Phi) is 6.08. The number of carbonyl (C=O) groups is 3. The van der Waals surface area contributed by atoms with E-state index in [0.29, 0.717) is 16.9 Å². The number of halogens is 1. The van der Waals surface area contributed by atoms with Gasteiger partial charge in [-0.1, -0.05) is 28.1 Å². The Morgan fingerprint density at radius 3 is 2.29 bits per heavy atom. The topological polar surface area (TPSA) is 87.3 Å². The van der Waals surface area contributed by atoms with E-state index in [2.05, 4.69) is 31.9 Å². The molecule has 0 aliphatic rings. The highest BCUT2D eigenvalue weighted by Crippen LogP contribution is 2.15. The van der Waals surface area contributed by atoms with Gasteiger partial charge >= 0.3 is 0 Å². The van der Waals surface area contributed by atoms with E-state index in [9.17, 15) is 14.4 Å². The van der Waals surface area contributed by atoms with Gasteiger partial charge in [-0.05, 0) is 36.4 Å². The number of rotatable bonds is 5. The molecule has 0 bridgehead atoms. The molecule has 24 heavy (non-hydrogen) atoms. The minimum atomic E-state index is -0.363. The van der Waals surface area contributed by atoms with Crippen molar-refractivity contribution in [1.82, 2.24) is 5.32 Å². The molecule has 0 spiro atoms. The molecule has 2 aromatic carbocycles. The molecule has 3 N–H and O–H groups in total. The zero-order valence-corrected chi connectivity index (χ0v) is 14.5. The van der Waals surface area contributed by atoms with Crippen molar-refractivity contribution in [3.63, 3.8) is 0 Å². The van der Waals surface area contributed by atoms with Crippen molar-refractivity contribution >= 4 is 45.0 Å². The number of anilines is 2. The lowest BCUT2D eigenvalue weighted by atomic mass is 10.2. The van der Waals surface area contributed by atoms with E-state index in [-0.39, 0.29) is 24.3 Å². The second kappa shape index (κ2) is 8.26. The first kappa shape index (κ1) is 17.7. The summed E-state index contributed by atoms with van der Waals surface area (Å²) >= 11 is 3.29. The normalized spacial score (nSPS) is 9.92. The number of hydrogen-bond acceptors (Lipinski definition) is 3. The van der Waals surface area contributed by atoms with E-state index >= 15 is 0 Å². The zero-order valence-electron chi connectivity index (χ0n) is 12.9. The first-order valence-corrected chi connectivity index (χ1v) is 7.94. The second-order valence-electron chi connectivity index (χ2n) is 5.00. The summed E-state index contributed by atoms with van der Waals surface area (Å²) in [5.41, 5.74) is 1.58. The minimum absolute atomic E-state index is 0.157. The van der Waals surface area contributed by atoms with Gasteiger partial charge in [0.1, 0.15) is 0 Å². The van der Waals surface area contributed by atoms with Crippen LogP contribution in [0.25, 0.3) is 0 Å². The minimum Gasteiger partial charge on any atom is -0.343 e. The fourth-order valence-electron chi connectivity index (χ4n) is 1.98. The predicted octanol–water partition coefficient (Wildman–Crippen LogP) is 2.78. The first-order chi connectivity index (χ1) is 11.4. The van der Waals surface area contributed by atoms with E-state index in [4.69, 9.17) is 0 Å². The Labute approximate surface area is 147 Å². The predicted molar refractivity (Wildman–Crippen MR) is 95.9 cm³/mol. The third-order valence-corrected chi connectivity index (χ3v) is 3.46. The Morgan fingerprint density at radius 1 is 0.958 bits per heavy atom.